The van der Waals surface area contributed by atoms with E-state index in [1.807, 2.05) is 27.7 Å². The van der Waals surface area contributed by atoms with E-state index in [-0.39, 0.29) is 18.5 Å². The first-order chi connectivity index (χ1) is 15.4. The first-order valence-electron chi connectivity index (χ1n) is 10.8. The number of carbonyl (C=O) groups is 2. The van der Waals surface area contributed by atoms with Gasteiger partial charge >= 0.3 is 0 Å². The Morgan fingerprint density at radius 1 is 1.03 bits per heavy atom. The monoisotopic (exact) mass is 493 g/mol. The SMILES string of the molecule is CCC(C(=O)NC(C)C)N(Cc1ccc(Cl)cc1)C(=O)CN(c1ccc(C)cc1)S(C)(=O)=O. The molecule has 0 aliphatic rings. The first kappa shape index (κ1) is 26.7. The van der Waals surface area contributed by atoms with Crippen LogP contribution in [0, 0.1) is 6.92 Å². The van der Waals surface area contributed by atoms with Gasteiger partial charge in [-0.2, -0.15) is 0 Å². The van der Waals surface area contributed by atoms with Crippen molar-refractivity contribution in [3.63, 3.8) is 0 Å². The van der Waals surface area contributed by atoms with Crippen LogP contribution in [0.3, 0.4) is 0 Å². The van der Waals surface area contributed by atoms with Crippen LogP contribution in [0.15, 0.2) is 48.5 Å². The fourth-order valence-corrected chi connectivity index (χ4v) is 4.39. The Balaban J connectivity index is 2.42. The number of rotatable bonds is 10. The number of amides is 2. The van der Waals surface area contributed by atoms with Crippen molar-refractivity contribution in [2.24, 2.45) is 0 Å². The molecule has 1 atom stereocenters. The summed E-state index contributed by atoms with van der Waals surface area (Å²) in [4.78, 5) is 27.9. The minimum atomic E-state index is -3.74. The lowest BCUT2D eigenvalue weighted by atomic mass is 10.1. The number of carbonyl (C=O) groups excluding carboxylic acids is 2. The molecule has 0 radical (unpaired) electrons. The van der Waals surface area contributed by atoms with E-state index >= 15 is 0 Å². The van der Waals surface area contributed by atoms with Crippen molar-refractivity contribution in [2.75, 3.05) is 17.1 Å². The highest BCUT2D eigenvalue weighted by Gasteiger charge is 2.31. The summed E-state index contributed by atoms with van der Waals surface area (Å²) >= 11 is 5.99. The second kappa shape index (κ2) is 11.5. The predicted molar refractivity (Wildman–Crippen MR) is 133 cm³/mol. The Morgan fingerprint density at radius 3 is 2.09 bits per heavy atom. The Labute approximate surface area is 201 Å². The van der Waals surface area contributed by atoms with Crippen molar-refractivity contribution in [1.29, 1.82) is 0 Å². The Morgan fingerprint density at radius 2 is 1.61 bits per heavy atom. The van der Waals surface area contributed by atoms with Crippen molar-refractivity contribution < 1.29 is 18.0 Å². The van der Waals surface area contributed by atoms with Gasteiger partial charge in [-0.05, 0) is 57.0 Å². The van der Waals surface area contributed by atoms with E-state index < -0.39 is 28.5 Å². The largest absolute Gasteiger partial charge is 0.352 e. The first-order valence-corrected chi connectivity index (χ1v) is 13.0. The van der Waals surface area contributed by atoms with Gasteiger partial charge in [-0.3, -0.25) is 13.9 Å². The van der Waals surface area contributed by atoms with Crippen LogP contribution >= 0.6 is 11.6 Å². The summed E-state index contributed by atoms with van der Waals surface area (Å²) in [5, 5.41) is 3.42. The van der Waals surface area contributed by atoms with Crippen LogP contribution in [0.2, 0.25) is 5.02 Å². The van der Waals surface area contributed by atoms with Crippen molar-refractivity contribution in [3.8, 4) is 0 Å². The highest BCUT2D eigenvalue weighted by atomic mass is 35.5. The summed E-state index contributed by atoms with van der Waals surface area (Å²) in [6, 6.07) is 13.0. The number of nitrogens with zero attached hydrogens (tertiary/aromatic N) is 2. The molecule has 0 saturated carbocycles. The fraction of sp³-hybridized carbons (Fsp3) is 0.417. The van der Waals surface area contributed by atoms with Gasteiger partial charge in [0.05, 0.1) is 11.9 Å². The molecule has 0 aliphatic heterocycles. The molecule has 180 valence electrons. The lowest BCUT2D eigenvalue weighted by Crippen LogP contribution is -2.53. The molecule has 0 spiro atoms. The molecule has 33 heavy (non-hydrogen) atoms. The molecule has 2 rings (SSSR count). The number of sulfonamides is 1. The van der Waals surface area contributed by atoms with Crippen LogP contribution in [-0.2, 0) is 26.2 Å². The average molecular weight is 494 g/mol. The zero-order valence-corrected chi connectivity index (χ0v) is 21.3. The molecule has 1 N–H and O–H groups in total. The summed E-state index contributed by atoms with van der Waals surface area (Å²) in [6.07, 6.45) is 1.44. The zero-order valence-electron chi connectivity index (χ0n) is 19.7. The maximum atomic E-state index is 13.5. The van der Waals surface area contributed by atoms with Crippen LogP contribution in [0.25, 0.3) is 0 Å². The molecule has 0 bridgehead atoms. The minimum absolute atomic E-state index is 0.0980. The van der Waals surface area contributed by atoms with E-state index in [1.54, 1.807) is 48.5 Å². The number of anilines is 1. The predicted octanol–water partition coefficient (Wildman–Crippen LogP) is 3.75. The highest BCUT2D eigenvalue weighted by molar-refractivity contribution is 7.92. The van der Waals surface area contributed by atoms with Crippen LogP contribution in [0.5, 0.6) is 0 Å². The topological polar surface area (TPSA) is 86.8 Å². The van der Waals surface area contributed by atoms with Crippen LogP contribution in [0.1, 0.15) is 38.3 Å². The summed E-state index contributed by atoms with van der Waals surface area (Å²) in [7, 11) is -3.74. The zero-order chi connectivity index (χ0) is 24.8. The van der Waals surface area contributed by atoms with Gasteiger partial charge in [0, 0.05) is 17.6 Å². The molecule has 0 fully saturated rings. The minimum Gasteiger partial charge on any atom is -0.352 e. The third-order valence-corrected chi connectivity index (χ3v) is 6.48. The van der Waals surface area contributed by atoms with Gasteiger partial charge in [-0.15, -0.1) is 0 Å². The van der Waals surface area contributed by atoms with Gasteiger partial charge in [0.15, 0.2) is 0 Å². The van der Waals surface area contributed by atoms with E-state index in [4.69, 9.17) is 11.6 Å². The van der Waals surface area contributed by atoms with Gasteiger partial charge in [0.2, 0.25) is 21.8 Å². The number of hydrogen-bond donors (Lipinski definition) is 1. The van der Waals surface area contributed by atoms with E-state index in [0.717, 1.165) is 21.7 Å². The van der Waals surface area contributed by atoms with E-state index in [2.05, 4.69) is 5.32 Å². The molecular formula is C24H32ClN3O4S. The quantitative estimate of drug-likeness (QED) is 0.546. The van der Waals surface area contributed by atoms with E-state index in [0.29, 0.717) is 17.1 Å². The van der Waals surface area contributed by atoms with Crippen molar-refractivity contribution in [2.45, 2.75) is 52.7 Å². The summed E-state index contributed by atoms with van der Waals surface area (Å²) in [5.41, 5.74) is 2.15. The number of aryl methyl sites for hydroxylation is 1. The van der Waals surface area contributed by atoms with Gasteiger partial charge in [0.1, 0.15) is 12.6 Å². The maximum absolute atomic E-state index is 13.5. The molecule has 2 aromatic carbocycles. The standard InChI is InChI=1S/C24H32ClN3O4S/c1-6-22(24(30)26-17(2)3)27(15-19-9-11-20(25)12-10-19)23(29)16-28(33(5,31)32)21-13-7-18(4)8-14-21/h7-14,17,22H,6,15-16H2,1-5H3,(H,26,30). The fourth-order valence-electron chi connectivity index (χ4n) is 3.41. The van der Waals surface area contributed by atoms with Crippen molar-refractivity contribution in [3.05, 3.63) is 64.7 Å². The van der Waals surface area contributed by atoms with Crippen LogP contribution in [-0.4, -0.2) is 50.0 Å². The maximum Gasteiger partial charge on any atom is 0.244 e. The van der Waals surface area contributed by atoms with Crippen molar-refractivity contribution in [1.82, 2.24) is 10.2 Å². The molecule has 0 heterocycles. The molecule has 0 aromatic heterocycles. The highest BCUT2D eigenvalue weighted by Crippen LogP contribution is 2.21. The molecule has 0 saturated heterocycles. The summed E-state index contributed by atoms with van der Waals surface area (Å²) in [6.45, 7) is 7.14. The molecule has 1 unspecified atom stereocenters. The van der Waals surface area contributed by atoms with E-state index in [9.17, 15) is 18.0 Å². The average Bonchev–Trinajstić information content (AvgIpc) is 2.72. The molecule has 0 aliphatic carbocycles. The summed E-state index contributed by atoms with van der Waals surface area (Å²) in [5.74, 6) is -0.752. The molecule has 7 nitrogen and oxygen atoms in total. The number of benzene rings is 2. The lowest BCUT2D eigenvalue weighted by molar-refractivity contribution is -0.140. The number of hydrogen-bond acceptors (Lipinski definition) is 4. The normalized spacial score (nSPS) is 12.3. The number of halogens is 1. The smallest absolute Gasteiger partial charge is 0.244 e. The van der Waals surface area contributed by atoms with Gasteiger partial charge in [-0.25, -0.2) is 8.42 Å². The molecule has 2 aromatic rings. The van der Waals surface area contributed by atoms with E-state index in [1.165, 1.54) is 4.90 Å². The van der Waals surface area contributed by atoms with Gasteiger partial charge < -0.3 is 10.2 Å². The van der Waals surface area contributed by atoms with Gasteiger partial charge in [-0.1, -0.05) is 48.4 Å². The second-order valence-electron chi connectivity index (χ2n) is 8.34. The molecule has 2 amide bonds. The second-order valence-corrected chi connectivity index (χ2v) is 10.7. The third kappa shape index (κ3) is 7.75. The molecule has 9 heteroatoms. The lowest BCUT2D eigenvalue weighted by Gasteiger charge is -2.33. The Bertz CT molecular complexity index is 1050. The van der Waals surface area contributed by atoms with Crippen molar-refractivity contribution >= 4 is 39.1 Å². The van der Waals surface area contributed by atoms with Crippen LogP contribution in [0.4, 0.5) is 5.69 Å². The summed E-state index contributed by atoms with van der Waals surface area (Å²) < 4.78 is 26.2. The Kier molecular flexibility index (Phi) is 9.31. The molecular weight excluding hydrogens is 462 g/mol. The van der Waals surface area contributed by atoms with Crippen LogP contribution < -0.4 is 9.62 Å². The number of nitrogens with one attached hydrogen (secondary N) is 1. The van der Waals surface area contributed by atoms with Gasteiger partial charge in [0.25, 0.3) is 0 Å². The Hall–Kier alpha value is -2.58. The third-order valence-electron chi connectivity index (χ3n) is 5.08.